The van der Waals surface area contributed by atoms with Crippen LogP contribution in [-0.4, -0.2) is 47.5 Å². The molecule has 3 aromatic rings. The van der Waals surface area contributed by atoms with E-state index in [1.165, 1.54) is 0 Å². The van der Waals surface area contributed by atoms with Gasteiger partial charge in [-0.2, -0.15) is 5.10 Å². The summed E-state index contributed by atoms with van der Waals surface area (Å²) in [5, 5.41) is 7.84. The standard InChI is InChI=1S/C19H22N4O3/c1-4-26-9-8-20-19(24)15-11-17(13-6-5-7-14(10-13)25-3)22-18-16(15)12-21-23(18)2/h5-7,10-12H,4,8-9H2,1-3H3,(H,20,24). The number of fused-ring (bicyclic) bond motifs is 1. The summed E-state index contributed by atoms with van der Waals surface area (Å²) in [6.07, 6.45) is 1.66. The van der Waals surface area contributed by atoms with E-state index in [2.05, 4.69) is 15.4 Å². The number of ether oxygens (including phenoxy) is 2. The Morgan fingerprint density at radius 1 is 1.31 bits per heavy atom. The molecule has 0 fully saturated rings. The van der Waals surface area contributed by atoms with Crippen LogP contribution in [0.15, 0.2) is 36.5 Å². The van der Waals surface area contributed by atoms with Crippen molar-refractivity contribution in [1.82, 2.24) is 20.1 Å². The first-order valence-corrected chi connectivity index (χ1v) is 8.47. The number of amides is 1. The first-order valence-electron chi connectivity index (χ1n) is 8.47. The summed E-state index contributed by atoms with van der Waals surface area (Å²) in [6, 6.07) is 9.37. The average molecular weight is 354 g/mol. The average Bonchev–Trinajstić information content (AvgIpc) is 3.05. The van der Waals surface area contributed by atoms with E-state index in [0.29, 0.717) is 42.0 Å². The molecule has 0 aliphatic heterocycles. The van der Waals surface area contributed by atoms with Gasteiger partial charge in [-0.15, -0.1) is 0 Å². The summed E-state index contributed by atoms with van der Waals surface area (Å²) < 4.78 is 12.2. The Labute approximate surface area is 151 Å². The number of nitrogens with one attached hydrogen (secondary N) is 1. The number of pyridine rings is 1. The Morgan fingerprint density at radius 3 is 2.92 bits per heavy atom. The topological polar surface area (TPSA) is 78.3 Å². The number of nitrogens with zero attached hydrogens (tertiary/aromatic N) is 3. The monoisotopic (exact) mass is 354 g/mol. The molecule has 1 N–H and O–H groups in total. The maximum Gasteiger partial charge on any atom is 0.252 e. The third-order valence-corrected chi connectivity index (χ3v) is 4.05. The number of carbonyl (C=O) groups excluding carboxylic acids is 1. The summed E-state index contributed by atoms with van der Waals surface area (Å²) in [6.45, 7) is 3.47. The lowest BCUT2D eigenvalue weighted by molar-refractivity contribution is 0.0924. The Balaban J connectivity index is 2.00. The van der Waals surface area contributed by atoms with Crippen LogP contribution >= 0.6 is 0 Å². The van der Waals surface area contributed by atoms with Gasteiger partial charge in [0.1, 0.15) is 5.75 Å². The van der Waals surface area contributed by atoms with E-state index in [4.69, 9.17) is 9.47 Å². The number of carbonyl (C=O) groups is 1. The molecule has 136 valence electrons. The Bertz CT molecular complexity index is 920. The van der Waals surface area contributed by atoms with E-state index >= 15 is 0 Å². The minimum absolute atomic E-state index is 0.172. The molecule has 0 saturated carbocycles. The quantitative estimate of drug-likeness (QED) is 0.659. The first kappa shape index (κ1) is 17.9. The van der Waals surface area contributed by atoms with Gasteiger partial charge in [-0.3, -0.25) is 9.48 Å². The van der Waals surface area contributed by atoms with E-state index in [-0.39, 0.29) is 5.91 Å². The van der Waals surface area contributed by atoms with Crippen LogP contribution in [0, 0.1) is 0 Å². The van der Waals surface area contributed by atoms with Gasteiger partial charge in [-0.25, -0.2) is 4.98 Å². The summed E-state index contributed by atoms with van der Waals surface area (Å²) in [7, 11) is 3.43. The Hall–Kier alpha value is -2.93. The highest BCUT2D eigenvalue weighted by Crippen LogP contribution is 2.27. The highest BCUT2D eigenvalue weighted by Gasteiger charge is 2.16. The van der Waals surface area contributed by atoms with E-state index in [9.17, 15) is 4.79 Å². The lowest BCUT2D eigenvalue weighted by Gasteiger charge is -2.10. The molecule has 7 heteroatoms. The van der Waals surface area contributed by atoms with Gasteiger partial charge in [0.25, 0.3) is 5.91 Å². The minimum atomic E-state index is -0.172. The lowest BCUT2D eigenvalue weighted by Crippen LogP contribution is -2.27. The number of rotatable bonds is 7. The predicted molar refractivity (Wildman–Crippen MR) is 99.3 cm³/mol. The van der Waals surface area contributed by atoms with Crippen molar-refractivity contribution in [2.75, 3.05) is 26.9 Å². The van der Waals surface area contributed by atoms with Crippen LogP contribution in [0.4, 0.5) is 0 Å². The normalized spacial score (nSPS) is 10.9. The van der Waals surface area contributed by atoms with E-state index in [1.54, 1.807) is 24.1 Å². The molecule has 0 unspecified atom stereocenters. The van der Waals surface area contributed by atoms with Crippen LogP contribution in [0.25, 0.3) is 22.3 Å². The van der Waals surface area contributed by atoms with Crippen molar-refractivity contribution in [2.24, 2.45) is 7.05 Å². The number of hydrogen-bond donors (Lipinski definition) is 1. The Kier molecular flexibility index (Phi) is 5.48. The van der Waals surface area contributed by atoms with Gasteiger partial charge in [-0.05, 0) is 25.1 Å². The van der Waals surface area contributed by atoms with Gasteiger partial charge in [-0.1, -0.05) is 12.1 Å². The van der Waals surface area contributed by atoms with Crippen LogP contribution < -0.4 is 10.1 Å². The van der Waals surface area contributed by atoms with E-state index < -0.39 is 0 Å². The largest absolute Gasteiger partial charge is 0.497 e. The zero-order chi connectivity index (χ0) is 18.5. The summed E-state index contributed by atoms with van der Waals surface area (Å²) in [5.41, 5.74) is 2.75. The molecular weight excluding hydrogens is 332 g/mol. The predicted octanol–water partition coefficient (Wildman–Crippen LogP) is 2.41. The molecule has 26 heavy (non-hydrogen) atoms. The number of aryl methyl sites for hydroxylation is 1. The van der Waals surface area contributed by atoms with Gasteiger partial charge in [0, 0.05) is 25.8 Å². The van der Waals surface area contributed by atoms with Crippen LogP contribution in [-0.2, 0) is 11.8 Å². The van der Waals surface area contributed by atoms with Crippen molar-refractivity contribution in [1.29, 1.82) is 0 Å². The molecule has 0 atom stereocenters. The van der Waals surface area contributed by atoms with Crippen LogP contribution in [0.5, 0.6) is 5.75 Å². The minimum Gasteiger partial charge on any atom is -0.497 e. The van der Waals surface area contributed by atoms with Crippen molar-refractivity contribution < 1.29 is 14.3 Å². The fourth-order valence-corrected chi connectivity index (χ4v) is 2.71. The van der Waals surface area contributed by atoms with Crippen molar-refractivity contribution in [3.05, 3.63) is 42.1 Å². The van der Waals surface area contributed by atoms with Gasteiger partial charge in [0.05, 0.1) is 36.6 Å². The highest BCUT2D eigenvalue weighted by molar-refractivity contribution is 6.06. The maximum absolute atomic E-state index is 12.7. The number of methoxy groups -OCH3 is 1. The molecule has 0 spiro atoms. The van der Waals surface area contributed by atoms with Gasteiger partial charge < -0.3 is 14.8 Å². The van der Waals surface area contributed by atoms with Gasteiger partial charge in [0.15, 0.2) is 5.65 Å². The van der Waals surface area contributed by atoms with Crippen LogP contribution in [0.3, 0.4) is 0 Å². The van der Waals surface area contributed by atoms with Crippen LogP contribution in [0.1, 0.15) is 17.3 Å². The summed E-state index contributed by atoms with van der Waals surface area (Å²) in [4.78, 5) is 17.4. The molecule has 0 aliphatic rings. The van der Waals surface area contributed by atoms with E-state index in [1.807, 2.05) is 38.2 Å². The summed E-state index contributed by atoms with van der Waals surface area (Å²) in [5.74, 6) is 0.561. The molecule has 7 nitrogen and oxygen atoms in total. The molecule has 1 amide bonds. The van der Waals surface area contributed by atoms with Crippen molar-refractivity contribution in [2.45, 2.75) is 6.92 Å². The first-order chi connectivity index (χ1) is 12.6. The molecule has 1 aromatic carbocycles. The molecule has 0 saturated heterocycles. The second-order valence-corrected chi connectivity index (χ2v) is 5.75. The maximum atomic E-state index is 12.7. The van der Waals surface area contributed by atoms with E-state index in [0.717, 1.165) is 11.3 Å². The fourth-order valence-electron chi connectivity index (χ4n) is 2.71. The highest BCUT2D eigenvalue weighted by atomic mass is 16.5. The van der Waals surface area contributed by atoms with Crippen molar-refractivity contribution in [3.63, 3.8) is 0 Å². The van der Waals surface area contributed by atoms with Gasteiger partial charge >= 0.3 is 0 Å². The number of aromatic nitrogens is 3. The molecule has 0 bridgehead atoms. The second-order valence-electron chi connectivity index (χ2n) is 5.75. The molecular formula is C19H22N4O3. The number of benzene rings is 1. The third-order valence-electron chi connectivity index (χ3n) is 4.05. The van der Waals surface area contributed by atoms with Crippen LogP contribution in [0.2, 0.25) is 0 Å². The summed E-state index contributed by atoms with van der Waals surface area (Å²) >= 11 is 0. The SMILES string of the molecule is CCOCCNC(=O)c1cc(-c2cccc(OC)c2)nc2c1cnn2C. The molecule has 2 heterocycles. The zero-order valence-corrected chi connectivity index (χ0v) is 15.2. The fraction of sp³-hybridized carbons (Fsp3) is 0.316. The van der Waals surface area contributed by atoms with Gasteiger partial charge in [0.2, 0.25) is 0 Å². The molecule has 0 aliphatic carbocycles. The van der Waals surface area contributed by atoms with Crippen molar-refractivity contribution >= 4 is 16.9 Å². The molecule has 0 radical (unpaired) electrons. The molecule has 3 rings (SSSR count). The van der Waals surface area contributed by atoms with Crippen molar-refractivity contribution in [3.8, 4) is 17.0 Å². The zero-order valence-electron chi connectivity index (χ0n) is 15.2. The second kappa shape index (κ2) is 7.97. The molecule has 2 aromatic heterocycles. The smallest absolute Gasteiger partial charge is 0.252 e. The lowest BCUT2D eigenvalue weighted by atomic mass is 10.1. The Morgan fingerprint density at radius 2 is 2.15 bits per heavy atom. The number of hydrogen-bond acceptors (Lipinski definition) is 5. The third kappa shape index (κ3) is 3.67.